The van der Waals surface area contributed by atoms with Gasteiger partial charge in [0.1, 0.15) is 18.8 Å². The van der Waals surface area contributed by atoms with Gasteiger partial charge in [0.2, 0.25) is 0 Å². The Hall–Kier alpha value is -0.240. The van der Waals surface area contributed by atoms with Crippen molar-refractivity contribution in [3.63, 3.8) is 0 Å². The van der Waals surface area contributed by atoms with E-state index in [1.54, 1.807) is 0 Å². The molecule has 0 amide bonds. The van der Waals surface area contributed by atoms with Crippen molar-refractivity contribution in [2.75, 3.05) is 18.0 Å². The van der Waals surface area contributed by atoms with Gasteiger partial charge in [-0.05, 0) is 12.1 Å². The van der Waals surface area contributed by atoms with Gasteiger partial charge in [0.05, 0.1) is 0 Å². The van der Waals surface area contributed by atoms with E-state index in [-0.39, 0.29) is 67.7 Å². The summed E-state index contributed by atoms with van der Waals surface area (Å²) < 4.78 is 0. The van der Waals surface area contributed by atoms with Gasteiger partial charge in [-0.15, -0.1) is 0 Å². The number of aromatic hydroxyl groups is 1. The number of rotatable bonds is 5. The Labute approximate surface area is 151 Å². The zero-order valence-corrected chi connectivity index (χ0v) is 14.3. The van der Waals surface area contributed by atoms with Gasteiger partial charge < -0.3 is 23.1 Å². The first-order valence-corrected chi connectivity index (χ1v) is 4.46. The molecule has 0 fully saturated rings. The molecule has 6 nitrogen and oxygen atoms in total. The quantitative estimate of drug-likeness (QED) is 0.463. The summed E-state index contributed by atoms with van der Waals surface area (Å²) in [5.74, 6) is -2.31. The molecule has 3 N–H and O–H groups in total. The number of hydrogen-bond acceptors (Lipinski definition) is 4. The first-order chi connectivity index (χ1) is 7.49. The van der Waals surface area contributed by atoms with Crippen molar-refractivity contribution in [2.24, 2.45) is 0 Å². The van der Waals surface area contributed by atoms with Gasteiger partial charge in [0.15, 0.2) is 0 Å². The molecule has 1 aromatic carbocycles. The zero-order valence-electron chi connectivity index (χ0n) is 12.3. The summed E-state index contributed by atoms with van der Waals surface area (Å²) in [5.41, 5.74) is 0.352. The van der Waals surface area contributed by atoms with E-state index in [1.807, 2.05) is 0 Å². The minimum absolute atomic E-state index is 0. The van der Waals surface area contributed by atoms with Crippen LogP contribution < -0.4 is 64.0 Å². The van der Waals surface area contributed by atoms with E-state index >= 15 is 0 Å². The molecule has 1 aromatic rings. The van der Waals surface area contributed by atoms with Gasteiger partial charge in [0.25, 0.3) is 0 Å². The SMILES string of the molecule is O=C(O)CN(CC(=O)O)c1cccc(O)c1.[H-].[H-].[Na+].[Na+]. The molecule has 1 rings (SSSR count). The number of benzene rings is 1. The molecule has 0 atom stereocenters. The topological polar surface area (TPSA) is 98.1 Å². The molecule has 0 radical (unpaired) electrons. The number of hydrogen-bond donors (Lipinski definition) is 3. The Bertz CT molecular complexity index is 406. The largest absolute Gasteiger partial charge is 1.00 e. The van der Waals surface area contributed by atoms with Crippen molar-refractivity contribution in [3.05, 3.63) is 24.3 Å². The van der Waals surface area contributed by atoms with Gasteiger partial charge in [0, 0.05) is 11.8 Å². The predicted molar refractivity (Wildman–Crippen MR) is 57.8 cm³/mol. The van der Waals surface area contributed by atoms with Crippen LogP contribution in [0, 0.1) is 0 Å². The minimum atomic E-state index is -1.13. The van der Waals surface area contributed by atoms with Crippen LogP contribution >= 0.6 is 0 Å². The van der Waals surface area contributed by atoms with Crippen molar-refractivity contribution in [1.29, 1.82) is 0 Å². The molecule has 0 bridgehead atoms. The van der Waals surface area contributed by atoms with Gasteiger partial charge in [-0.2, -0.15) is 0 Å². The Morgan fingerprint density at radius 2 is 1.61 bits per heavy atom. The molecule has 0 aliphatic rings. The minimum Gasteiger partial charge on any atom is -1.00 e. The summed E-state index contributed by atoms with van der Waals surface area (Å²) in [4.78, 5) is 22.2. The number of carbonyl (C=O) groups is 2. The van der Waals surface area contributed by atoms with E-state index in [4.69, 9.17) is 10.2 Å². The van der Waals surface area contributed by atoms with E-state index in [0.717, 1.165) is 4.90 Å². The third kappa shape index (κ3) is 7.25. The average molecular weight is 273 g/mol. The van der Waals surface area contributed by atoms with Crippen LogP contribution in [0.5, 0.6) is 5.75 Å². The second kappa shape index (κ2) is 9.66. The first-order valence-electron chi connectivity index (χ1n) is 4.46. The maximum atomic E-state index is 10.6. The van der Waals surface area contributed by atoms with E-state index in [9.17, 15) is 14.7 Å². The molecule has 0 aliphatic carbocycles. The van der Waals surface area contributed by atoms with E-state index in [1.165, 1.54) is 24.3 Å². The van der Waals surface area contributed by atoms with E-state index < -0.39 is 25.0 Å². The molecule has 0 aromatic heterocycles. The number of phenolic OH excluding ortho intramolecular Hbond substituents is 1. The van der Waals surface area contributed by atoms with E-state index in [2.05, 4.69) is 0 Å². The van der Waals surface area contributed by atoms with Crippen molar-refractivity contribution in [2.45, 2.75) is 0 Å². The maximum absolute atomic E-state index is 10.6. The Morgan fingerprint density at radius 3 is 2.00 bits per heavy atom. The molecular formula is C10H13NNa2O5. The molecule has 90 valence electrons. The van der Waals surface area contributed by atoms with Gasteiger partial charge in [-0.25, -0.2) is 0 Å². The van der Waals surface area contributed by atoms with Crippen molar-refractivity contribution < 1.29 is 86.9 Å². The standard InChI is InChI=1S/C10H11NO5.2Na.2H/c12-8-3-1-2-7(4-8)11(5-9(13)14)6-10(15)16;;;;/h1-4,12H,5-6H2,(H,13,14)(H,15,16);;;;/q;2*+1;2*-1. The monoisotopic (exact) mass is 273 g/mol. The molecule has 0 saturated carbocycles. The summed E-state index contributed by atoms with van der Waals surface area (Å²) in [6.07, 6.45) is 0. The number of carboxylic acids is 2. The summed E-state index contributed by atoms with van der Waals surface area (Å²) in [6.45, 7) is -0.870. The molecule has 0 heterocycles. The van der Waals surface area contributed by atoms with Crippen LogP contribution in [0.15, 0.2) is 24.3 Å². The molecule has 0 aliphatic heterocycles. The first kappa shape index (κ1) is 20.1. The van der Waals surface area contributed by atoms with Crippen LogP contribution in [0.4, 0.5) is 5.69 Å². The predicted octanol–water partition coefficient (Wildman–Crippen LogP) is -5.40. The Balaban J connectivity index is -0.000000320. The summed E-state index contributed by atoms with van der Waals surface area (Å²) >= 11 is 0. The summed E-state index contributed by atoms with van der Waals surface area (Å²) in [5, 5.41) is 26.5. The molecule has 0 spiro atoms. The molecule has 18 heavy (non-hydrogen) atoms. The van der Waals surface area contributed by atoms with Crippen molar-refractivity contribution >= 4 is 17.6 Å². The number of phenols is 1. The van der Waals surface area contributed by atoms with Crippen LogP contribution in [-0.2, 0) is 9.59 Å². The van der Waals surface area contributed by atoms with Crippen LogP contribution in [0.1, 0.15) is 2.85 Å². The third-order valence-corrected chi connectivity index (χ3v) is 1.85. The fourth-order valence-corrected chi connectivity index (χ4v) is 1.25. The van der Waals surface area contributed by atoms with Crippen LogP contribution in [0.3, 0.4) is 0 Å². The summed E-state index contributed by atoms with van der Waals surface area (Å²) in [6, 6.07) is 5.78. The fraction of sp³-hybridized carbons (Fsp3) is 0.200. The number of carboxylic acid groups (broad SMARTS) is 2. The Kier molecular flexibility index (Phi) is 10.8. The maximum Gasteiger partial charge on any atom is 1.00 e. The van der Waals surface area contributed by atoms with E-state index in [0.29, 0.717) is 5.69 Å². The Morgan fingerprint density at radius 1 is 1.11 bits per heavy atom. The summed E-state index contributed by atoms with van der Waals surface area (Å²) in [7, 11) is 0. The van der Waals surface area contributed by atoms with Gasteiger partial charge >= 0.3 is 71.1 Å². The number of nitrogens with zero attached hydrogens (tertiary/aromatic N) is 1. The normalized spacial score (nSPS) is 8.67. The van der Waals surface area contributed by atoms with Gasteiger partial charge in [-0.3, -0.25) is 9.59 Å². The molecule has 8 heteroatoms. The second-order valence-corrected chi connectivity index (χ2v) is 3.16. The van der Waals surface area contributed by atoms with Crippen LogP contribution in [-0.4, -0.2) is 40.3 Å². The fourth-order valence-electron chi connectivity index (χ4n) is 1.25. The molecular weight excluding hydrogens is 260 g/mol. The van der Waals surface area contributed by atoms with Crippen LogP contribution in [0.2, 0.25) is 0 Å². The van der Waals surface area contributed by atoms with Crippen molar-refractivity contribution in [1.82, 2.24) is 0 Å². The number of aliphatic carboxylic acids is 2. The third-order valence-electron chi connectivity index (χ3n) is 1.85. The second-order valence-electron chi connectivity index (χ2n) is 3.16. The average Bonchev–Trinajstić information content (AvgIpc) is 2.15. The van der Waals surface area contributed by atoms with Gasteiger partial charge in [-0.1, -0.05) is 6.07 Å². The van der Waals surface area contributed by atoms with Crippen LogP contribution in [0.25, 0.3) is 0 Å². The zero-order chi connectivity index (χ0) is 12.1. The number of anilines is 1. The molecule has 0 unspecified atom stereocenters. The smallest absolute Gasteiger partial charge is 1.00 e. The molecule has 0 saturated heterocycles. The van der Waals surface area contributed by atoms with Crippen molar-refractivity contribution in [3.8, 4) is 5.75 Å².